The van der Waals surface area contributed by atoms with Crippen molar-refractivity contribution in [2.45, 2.75) is 44.4 Å². The van der Waals surface area contributed by atoms with Crippen LogP contribution < -0.4 is 10.6 Å². The largest absolute Gasteiger partial charge is 0.376 e. The van der Waals surface area contributed by atoms with E-state index < -0.39 is 0 Å². The SMILES string of the molecule is CN=C(NCc1cccc(CN2CCOC(C)C2)c1)NCC1(c2ccccc2)CC1.I. The molecule has 1 unspecified atom stereocenters. The fourth-order valence-electron chi connectivity index (χ4n) is 4.30. The molecule has 1 saturated heterocycles. The van der Waals surface area contributed by atoms with Crippen LogP contribution >= 0.6 is 24.0 Å². The number of halogens is 1. The number of hydrogen-bond donors (Lipinski definition) is 2. The minimum Gasteiger partial charge on any atom is -0.376 e. The van der Waals surface area contributed by atoms with Gasteiger partial charge in [0.05, 0.1) is 12.7 Å². The van der Waals surface area contributed by atoms with Crippen molar-refractivity contribution in [3.63, 3.8) is 0 Å². The number of morpholine rings is 1. The van der Waals surface area contributed by atoms with Gasteiger partial charge < -0.3 is 15.4 Å². The minimum atomic E-state index is 0. The van der Waals surface area contributed by atoms with Gasteiger partial charge in [0.25, 0.3) is 0 Å². The molecule has 2 aliphatic rings. The van der Waals surface area contributed by atoms with Crippen LogP contribution in [0.1, 0.15) is 36.5 Å². The number of nitrogens with one attached hydrogen (secondary N) is 2. The van der Waals surface area contributed by atoms with Crippen molar-refractivity contribution in [1.82, 2.24) is 15.5 Å². The van der Waals surface area contributed by atoms with Crippen LogP contribution in [0.2, 0.25) is 0 Å². The van der Waals surface area contributed by atoms with Gasteiger partial charge in [0.1, 0.15) is 0 Å². The Bertz CT molecular complexity index is 854. The highest BCUT2D eigenvalue weighted by molar-refractivity contribution is 14.0. The van der Waals surface area contributed by atoms with Crippen LogP contribution in [-0.2, 0) is 23.2 Å². The smallest absolute Gasteiger partial charge is 0.191 e. The second kappa shape index (κ2) is 11.3. The van der Waals surface area contributed by atoms with Gasteiger partial charge in [-0.05, 0) is 36.5 Å². The van der Waals surface area contributed by atoms with E-state index in [0.29, 0.717) is 6.10 Å². The zero-order chi connectivity index (χ0) is 20.8. The van der Waals surface area contributed by atoms with Crippen molar-refractivity contribution < 1.29 is 4.74 Å². The minimum absolute atomic E-state index is 0. The Kier molecular flexibility index (Phi) is 8.75. The molecule has 2 fully saturated rings. The van der Waals surface area contributed by atoms with Gasteiger partial charge in [-0.3, -0.25) is 9.89 Å². The van der Waals surface area contributed by atoms with Gasteiger partial charge in [-0.25, -0.2) is 0 Å². The van der Waals surface area contributed by atoms with Crippen molar-refractivity contribution >= 4 is 29.9 Å². The summed E-state index contributed by atoms with van der Waals surface area (Å²) in [4.78, 5) is 6.90. The highest BCUT2D eigenvalue weighted by Gasteiger charge is 2.43. The van der Waals surface area contributed by atoms with E-state index in [1.165, 1.54) is 29.5 Å². The van der Waals surface area contributed by atoms with Gasteiger partial charge in [-0.15, -0.1) is 24.0 Å². The third-order valence-electron chi connectivity index (χ3n) is 6.24. The van der Waals surface area contributed by atoms with Crippen LogP contribution in [0, 0.1) is 0 Å². The second-order valence-corrected chi connectivity index (χ2v) is 8.66. The third-order valence-corrected chi connectivity index (χ3v) is 6.24. The quantitative estimate of drug-likeness (QED) is 0.321. The lowest BCUT2D eigenvalue weighted by Gasteiger charge is -2.31. The summed E-state index contributed by atoms with van der Waals surface area (Å²) >= 11 is 0. The van der Waals surface area contributed by atoms with Crippen LogP contribution in [0.3, 0.4) is 0 Å². The zero-order valence-electron chi connectivity index (χ0n) is 18.6. The van der Waals surface area contributed by atoms with E-state index in [4.69, 9.17) is 4.74 Å². The Hall–Kier alpha value is -1.64. The molecule has 0 radical (unpaired) electrons. The van der Waals surface area contributed by atoms with Crippen molar-refractivity contribution in [2.75, 3.05) is 33.3 Å². The number of benzene rings is 2. The number of ether oxygens (including phenoxy) is 1. The molecule has 2 N–H and O–H groups in total. The molecular formula is C25H35IN4O. The Morgan fingerprint density at radius 1 is 1.10 bits per heavy atom. The Balaban J connectivity index is 0.00000272. The fraction of sp³-hybridized carbons (Fsp3) is 0.480. The first kappa shape index (κ1) is 24.0. The van der Waals surface area contributed by atoms with Crippen LogP contribution in [0.15, 0.2) is 59.6 Å². The summed E-state index contributed by atoms with van der Waals surface area (Å²) in [6.07, 6.45) is 2.80. The van der Waals surface area contributed by atoms with Crippen molar-refractivity contribution in [3.8, 4) is 0 Å². The lowest BCUT2D eigenvalue weighted by atomic mass is 9.96. The monoisotopic (exact) mass is 534 g/mol. The predicted octanol–water partition coefficient (Wildman–Crippen LogP) is 3.92. The Labute approximate surface area is 203 Å². The van der Waals surface area contributed by atoms with E-state index in [0.717, 1.165) is 45.3 Å². The van der Waals surface area contributed by atoms with Crippen LogP contribution in [0.4, 0.5) is 0 Å². The van der Waals surface area contributed by atoms with E-state index in [1.54, 1.807) is 0 Å². The first-order valence-corrected chi connectivity index (χ1v) is 11.1. The van der Waals surface area contributed by atoms with Gasteiger partial charge in [0.2, 0.25) is 0 Å². The highest BCUT2D eigenvalue weighted by atomic mass is 127. The zero-order valence-corrected chi connectivity index (χ0v) is 21.0. The number of nitrogens with zero attached hydrogens (tertiary/aromatic N) is 2. The number of hydrogen-bond acceptors (Lipinski definition) is 3. The predicted molar refractivity (Wildman–Crippen MR) is 138 cm³/mol. The maximum Gasteiger partial charge on any atom is 0.191 e. The molecule has 2 aromatic carbocycles. The number of aliphatic imine (C=N–C) groups is 1. The molecule has 0 amide bonds. The summed E-state index contributed by atoms with van der Waals surface area (Å²) in [5.74, 6) is 0.865. The third kappa shape index (κ3) is 6.67. The van der Waals surface area contributed by atoms with E-state index in [2.05, 4.69) is 82.0 Å². The lowest BCUT2D eigenvalue weighted by Crippen LogP contribution is -2.41. The van der Waals surface area contributed by atoms with Gasteiger partial charge in [-0.1, -0.05) is 54.6 Å². The molecule has 0 bridgehead atoms. The normalized spacial score (nSPS) is 20.6. The summed E-state index contributed by atoms with van der Waals surface area (Å²) < 4.78 is 5.65. The molecule has 6 heteroatoms. The maximum absolute atomic E-state index is 5.65. The molecule has 1 aliphatic carbocycles. The fourth-order valence-corrected chi connectivity index (χ4v) is 4.30. The van der Waals surface area contributed by atoms with Crippen molar-refractivity contribution in [1.29, 1.82) is 0 Å². The molecule has 2 aromatic rings. The van der Waals surface area contributed by atoms with Crippen molar-refractivity contribution in [2.24, 2.45) is 4.99 Å². The van der Waals surface area contributed by atoms with E-state index in [9.17, 15) is 0 Å². The topological polar surface area (TPSA) is 48.9 Å². The molecule has 168 valence electrons. The van der Waals surface area contributed by atoms with Gasteiger partial charge in [0.15, 0.2) is 5.96 Å². The molecule has 1 saturated carbocycles. The standard InChI is InChI=1S/C25H34N4O.HI/c1-20-17-29(13-14-30-20)18-22-8-6-7-21(15-22)16-27-24(26-2)28-19-25(11-12-25)23-9-4-3-5-10-23;/h3-10,15,20H,11-14,16-19H2,1-2H3,(H2,26,27,28);1H. The van der Waals surface area contributed by atoms with E-state index in [1.807, 2.05) is 7.05 Å². The highest BCUT2D eigenvalue weighted by Crippen LogP contribution is 2.47. The second-order valence-electron chi connectivity index (χ2n) is 8.66. The maximum atomic E-state index is 5.65. The van der Waals surface area contributed by atoms with Crippen molar-refractivity contribution in [3.05, 3.63) is 71.3 Å². The summed E-state index contributed by atoms with van der Waals surface area (Å²) in [7, 11) is 1.84. The van der Waals surface area contributed by atoms with E-state index >= 15 is 0 Å². The average Bonchev–Trinajstić information content (AvgIpc) is 3.56. The molecule has 31 heavy (non-hydrogen) atoms. The molecule has 0 spiro atoms. The van der Waals surface area contributed by atoms with Crippen LogP contribution in [-0.4, -0.2) is 50.3 Å². The van der Waals surface area contributed by atoms with Gasteiger partial charge in [-0.2, -0.15) is 0 Å². The van der Waals surface area contributed by atoms with Crippen LogP contribution in [0.25, 0.3) is 0 Å². The molecule has 0 aromatic heterocycles. The van der Waals surface area contributed by atoms with Gasteiger partial charge >= 0.3 is 0 Å². The first-order valence-electron chi connectivity index (χ1n) is 11.1. The summed E-state index contributed by atoms with van der Waals surface area (Å²) in [5, 5.41) is 7.02. The molecule has 1 atom stereocenters. The lowest BCUT2D eigenvalue weighted by molar-refractivity contribution is -0.0212. The van der Waals surface area contributed by atoms with Gasteiger partial charge in [0, 0.05) is 45.2 Å². The summed E-state index contributed by atoms with van der Waals surface area (Å²) in [6.45, 7) is 7.66. The average molecular weight is 534 g/mol. The molecule has 1 aliphatic heterocycles. The molecule has 5 nitrogen and oxygen atoms in total. The number of guanidine groups is 1. The molecular weight excluding hydrogens is 499 g/mol. The summed E-state index contributed by atoms with van der Waals surface area (Å²) in [6, 6.07) is 19.7. The first-order chi connectivity index (χ1) is 14.7. The Morgan fingerprint density at radius 2 is 1.87 bits per heavy atom. The number of rotatable bonds is 7. The molecule has 4 rings (SSSR count). The van der Waals surface area contributed by atoms with Crippen LogP contribution in [0.5, 0.6) is 0 Å². The molecule has 1 heterocycles. The summed E-state index contributed by atoms with van der Waals surface area (Å²) in [5.41, 5.74) is 4.33. The van der Waals surface area contributed by atoms with E-state index in [-0.39, 0.29) is 29.4 Å². The Morgan fingerprint density at radius 3 is 2.58 bits per heavy atom.